The standard InChI is InChI=1S/C8H17NO/c1-7-4-2-3-5-9-8(7)6-10/h7-10H,2-6H2,1H3. The van der Waals surface area contributed by atoms with Crippen LogP contribution in [0.5, 0.6) is 0 Å². The summed E-state index contributed by atoms with van der Waals surface area (Å²) in [6.07, 6.45) is 3.84. The van der Waals surface area contributed by atoms with Crippen LogP contribution in [-0.2, 0) is 0 Å². The molecule has 1 aliphatic rings. The van der Waals surface area contributed by atoms with Crippen molar-refractivity contribution in [1.82, 2.24) is 5.32 Å². The molecule has 0 saturated carbocycles. The second kappa shape index (κ2) is 3.94. The van der Waals surface area contributed by atoms with Gasteiger partial charge < -0.3 is 10.4 Å². The van der Waals surface area contributed by atoms with E-state index in [1.165, 1.54) is 19.3 Å². The number of rotatable bonds is 1. The van der Waals surface area contributed by atoms with E-state index in [1.54, 1.807) is 0 Å². The first kappa shape index (κ1) is 8.02. The largest absolute Gasteiger partial charge is 0.395 e. The van der Waals surface area contributed by atoms with Crippen LogP contribution >= 0.6 is 0 Å². The molecule has 1 fully saturated rings. The second-order valence-corrected chi connectivity index (χ2v) is 3.22. The highest BCUT2D eigenvalue weighted by Gasteiger charge is 2.17. The summed E-state index contributed by atoms with van der Waals surface area (Å²) in [5, 5.41) is 12.3. The minimum atomic E-state index is 0.293. The van der Waals surface area contributed by atoms with Gasteiger partial charge in [0, 0.05) is 6.04 Å². The first-order valence-electron chi connectivity index (χ1n) is 4.19. The summed E-state index contributed by atoms with van der Waals surface area (Å²) in [6, 6.07) is 0.350. The van der Waals surface area contributed by atoms with Crippen molar-refractivity contribution in [2.75, 3.05) is 13.2 Å². The molecule has 0 radical (unpaired) electrons. The van der Waals surface area contributed by atoms with Gasteiger partial charge in [-0.2, -0.15) is 0 Å². The molecule has 0 aromatic carbocycles. The normalized spacial score (nSPS) is 35.4. The molecule has 1 rings (SSSR count). The van der Waals surface area contributed by atoms with Crippen LogP contribution in [-0.4, -0.2) is 24.3 Å². The van der Waals surface area contributed by atoms with Crippen LogP contribution in [0.3, 0.4) is 0 Å². The van der Waals surface area contributed by atoms with Gasteiger partial charge in [0.1, 0.15) is 0 Å². The van der Waals surface area contributed by atoms with Gasteiger partial charge in [0.2, 0.25) is 0 Å². The molecule has 2 heteroatoms. The molecule has 1 aliphatic heterocycles. The predicted molar refractivity (Wildman–Crippen MR) is 41.9 cm³/mol. The van der Waals surface area contributed by atoms with Crippen molar-refractivity contribution in [2.24, 2.45) is 5.92 Å². The van der Waals surface area contributed by atoms with Crippen molar-refractivity contribution < 1.29 is 5.11 Å². The number of aliphatic hydroxyl groups is 1. The van der Waals surface area contributed by atoms with Crippen LogP contribution in [0, 0.1) is 5.92 Å². The zero-order valence-corrected chi connectivity index (χ0v) is 6.64. The summed E-state index contributed by atoms with van der Waals surface area (Å²) in [5.41, 5.74) is 0. The van der Waals surface area contributed by atoms with E-state index >= 15 is 0 Å². The number of hydrogen-bond acceptors (Lipinski definition) is 2. The maximum absolute atomic E-state index is 8.92. The molecule has 2 nitrogen and oxygen atoms in total. The Balaban J connectivity index is 2.35. The fourth-order valence-corrected chi connectivity index (χ4v) is 1.53. The lowest BCUT2D eigenvalue weighted by molar-refractivity contribution is 0.209. The van der Waals surface area contributed by atoms with Crippen LogP contribution in [0.25, 0.3) is 0 Å². The van der Waals surface area contributed by atoms with Gasteiger partial charge in [0.25, 0.3) is 0 Å². The molecule has 0 aromatic heterocycles. The lowest BCUT2D eigenvalue weighted by Crippen LogP contribution is -2.36. The third-order valence-corrected chi connectivity index (χ3v) is 2.38. The summed E-state index contributed by atoms with van der Waals surface area (Å²) in [6.45, 7) is 3.58. The molecule has 0 amide bonds. The van der Waals surface area contributed by atoms with E-state index in [-0.39, 0.29) is 0 Å². The highest BCUT2D eigenvalue weighted by Crippen LogP contribution is 2.15. The Morgan fingerprint density at radius 1 is 1.50 bits per heavy atom. The maximum Gasteiger partial charge on any atom is 0.0587 e. The number of aliphatic hydroxyl groups excluding tert-OH is 1. The lowest BCUT2D eigenvalue weighted by Gasteiger charge is -2.19. The molecule has 60 valence electrons. The van der Waals surface area contributed by atoms with E-state index < -0.39 is 0 Å². The monoisotopic (exact) mass is 143 g/mol. The van der Waals surface area contributed by atoms with Gasteiger partial charge in [-0.05, 0) is 25.3 Å². The molecule has 0 aliphatic carbocycles. The quantitative estimate of drug-likeness (QED) is 0.568. The van der Waals surface area contributed by atoms with E-state index in [9.17, 15) is 0 Å². The fraction of sp³-hybridized carbons (Fsp3) is 1.00. The predicted octanol–water partition coefficient (Wildman–Crippen LogP) is 0.757. The van der Waals surface area contributed by atoms with E-state index in [1.807, 2.05) is 0 Å². The summed E-state index contributed by atoms with van der Waals surface area (Å²) >= 11 is 0. The highest BCUT2D eigenvalue weighted by atomic mass is 16.3. The Kier molecular flexibility index (Phi) is 3.16. The minimum Gasteiger partial charge on any atom is -0.395 e. The van der Waals surface area contributed by atoms with Gasteiger partial charge in [0.15, 0.2) is 0 Å². The van der Waals surface area contributed by atoms with Gasteiger partial charge in [-0.3, -0.25) is 0 Å². The SMILES string of the molecule is CC1CCCCNC1CO. The smallest absolute Gasteiger partial charge is 0.0587 e. The van der Waals surface area contributed by atoms with Gasteiger partial charge in [-0.25, -0.2) is 0 Å². The van der Waals surface area contributed by atoms with Crippen molar-refractivity contribution >= 4 is 0 Å². The molecular formula is C8H17NO. The minimum absolute atomic E-state index is 0.293. The molecule has 2 unspecified atom stereocenters. The van der Waals surface area contributed by atoms with Crippen LogP contribution in [0.15, 0.2) is 0 Å². The Morgan fingerprint density at radius 3 is 3.00 bits per heavy atom. The van der Waals surface area contributed by atoms with Gasteiger partial charge in [-0.1, -0.05) is 13.3 Å². The Labute approximate surface area is 62.6 Å². The summed E-state index contributed by atoms with van der Waals surface area (Å²) < 4.78 is 0. The molecule has 2 N–H and O–H groups in total. The Bertz CT molecular complexity index is 95.3. The van der Waals surface area contributed by atoms with Crippen LogP contribution in [0.2, 0.25) is 0 Å². The van der Waals surface area contributed by atoms with Crippen LogP contribution in [0.4, 0.5) is 0 Å². The second-order valence-electron chi connectivity index (χ2n) is 3.22. The van der Waals surface area contributed by atoms with E-state index in [0.29, 0.717) is 18.6 Å². The molecule has 0 spiro atoms. The van der Waals surface area contributed by atoms with E-state index in [2.05, 4.69) is 12.2 Å². The van der Waals surface area contributed by atoms with Crippen LogP contribution < -0.4 is 5.32 Å². The van der Waals surface area contributed by atoms with Crippen molar-refractivity contribution in [3.63, 3.8) is 0 Å². The third-order valence-electron chi connectivity index (χ3n) is 2.38. The molecule has 1 saturated heterocycles. The molecule has 10 heavy (non-hydrogen) atoms. The van der Waals surface area contributed by atoms with Gasteiger partial charge in [-0.15, -0.1) is 0 Å². The summed E-state index contributed by atoms with van der Waals surface area (Å²) in [7, 11) is 0. The topological polar surface area (TPSA) is 32.3 Å². The lowest BCUT2D eigenvalue weighted by atomic mass is 9.98. The fourth-order valence-electron chi connectivity index (χ4n) is 1.53. The van der Waals surface area contributed by atoms with E-state index in [4.69, 9.17) is 5.11 Å². The van der Waals surface area contributed by atoms with Crippen molar-refractivity contribution in [1.29, 1.82) is 0 Å². The molecule has 2 atom stereocenters. The van der Waals surface area contributed by atoms with E-state index in [0.717, 1.165) is 6.54 Å². The van der Waals surface area contributed by atoms with Gasteiger partial charge in [0.05, 0.1) is 6.61 Å². The maximum atomic E-state index is 8.92. The van der Waals surface area contributed by atoms with Crippen molar-refractivity contribution in [3.05, 3.63) is 0 Å². The summed E-state index contributed by atoms with van der Waals surface area (Å²) in [4.78, 5) is 0. The average Bonchev–Trinajstić information content (AvgIpc) is 2.13. The molecule has 0 aromatic rings. The van der Waals surface area contributed by atoms with Crippen molar-refractivity contribution in [2.45, 2.75) is 32.2 Å². The Hall–Kier alpha value is -0.0800. The summed E-state index contributed by atoms with van der Waals surface area (Å²) in [5.74, 6) is 0.646. The molecule has 1 heterocycles. The third kappa shape index (κ3) is 1.96. The van der Waals surface area contributed by atoms with Crippen molar-refractivity contribution in [3.8, 4) is 0 Å². The first-order chi connectivity index (χ1) is 4.84. The first-order valence-corrected chi connectivity index (χ1v) is 4.19. The number of hydrogen-bond donors (Lipinski definition) is 2. The average molecular weight is 143 g/mol. The Morgan fingerprint density at radius 2 is 2.30 bits per heavy atom. The van der Waals surface area contributed by atoms with Crippen LogP contribution in [0.1, 0.15) is 26.2 Å². The molecule has 0 bridgehead atoms. The zero-order chi connectivity index (χ0) is 7.40. The number of nitrogens with one attached hydrogen (secondary N) is 1. The van der Waals surface area contributed by atoms with Gasteiger partial charge >= 0.3 is 0 Å². The molecular weight excluding hydrogens is 126 g/mol. The zero-order valence-electron chi connectivity index (χ0n) is 6.64. The highest BCUT2D eigenvalue weighted by molar-refractivity contribution is 4.75.